The summed E-state index contributed by atoms with van der Waals surface area (Å²) in [5.41, 5.74) is 2.16. The van der Waals surface area contributed by atoms with Crippen LogP contribution in [0.4, 0.5) is 0 Å². The van der Waals surface area contributed by atoms with Gasteiger partial charge >= 0.3 is 11.9 Å². The molecule has 0 saturated heterocycles. The van der Waals surface area contributed by atoms with E-state index in [1.54, 1.807) is 0 Å². The minimum atomic E-state index is -1.99. The van der Waals surface area contributed by atoms with Crippen LogP contribution in [0.2, 0.25) is 0 Å². The van der Waals surface area contributed by atoms with Crippen molar-refractivity contribution in [1.29, 1.82) is 0 Å². The van der Waals surface area contributed by atoms with Crippen molar-refractivity contribution in [1.82, 2.24) is 0 Å². The molecule has 0 aromatic heterocycles. The van der Waals surface area contributed by atoms with Crippen molar-refractivity contribution in [2.24, 2.45) is 0 Å². The van der Waals surface area contributed by atoms with Crippen LogP contribution in [0.15, 0.2) is 60.7 Å². The molecule has 186 valence electrons. The van der Waals surface area contributed by atoms with Gasteiger partial charge in [-0.05, 0) is 36.8 Å². The Labute approximate surface area is 200 Å². The zero-order chi connectivity index (χ0) is 24.4. The smallest absolute Gasteiger partial charge is 0.338 e. The Morgan fingerprint density at radius 1 is 0.588 bits per heavy atom. The largest absolute Gasteiger partial charge is 0.464 e. The van der Waals surface area contributed by atoms with Crippen molar-refractivity contribution in [3.8, 4) is 0 Å². The molecule has 0 bridgehead atoms. The van der Waals surface area contributed by atoms with E-state index in [-0.39, 0.29) is 13.2 Å². The van der Waals surface area contributed by atoms with E-state index in [0.717, 1.165) is 11.1 Å². The van der Waals surface area contributed by atoms with Crippen LogP contribution < -0.4 is 0 Å². The van der Waals surface area contributed by atoms with Crippen LogP contribution in [0.1, 0.15) is 36.8 Å². The highest BCUT2D eigenvalue weighted by molar-refractivity contribution is 5.85. The van der Waals surface area contributed by atoms with Crippen LogP contribution in [0, 0.1) is 0 Å². The first-order valence-corrected chi connectivity index (χ1v) is 11.5. The number of aliphatic hydroxyl groups is 2. The molecule has 2 N–H and O–H groups in total. The van der Waals surface area contributed by atoms with Gasteiger partial charge < -0.3 is 29.2 Å². The minimum Gasteiger partial charge on any atom is -0.464 e. The Balaban J connectivity index is 1.46. The highest BCUT2D eigenvalue weighted by Crippen LogP contribution is 2.05. The van der Waals surface area contributed by atoms with E-state index < -0.39 is 24.1 Å². The maximum absolute atomic E-state index is 11.8. The molecule has 2 atom stereocenters. The standard InChI is InChI=1S/C26H34O8/c27-23(25(29)33-17-9-7-15-31-19-21-11-3-1-4-12-21)24(28)26(30)34-18-10-8-16-32-20-22-13-5-2-6-14-22/h1-6,11-14,23-24,27-28H,7-10,15-20H2. The maximum atomic E-state index is 11.8. The first-order chi connectivity index (χ1) is 16.6. The monoisotopic (exact) mass is 474 g/mol. The second-order valence-corrected chi connectivity index (χ2v) is 7.72. The molecule has 2 unspecified atom stereocenters. The molecule has 0 amide bonds. The third kappa shape index (κ3) is 11.4. The minimum absolute atomic E-state index is 0.0509. The number of hydrogen-bond acceptors (Lipinski definition) is 8. The molecule has 0 fully saturated rings. The summed E-state index contributed by atoms with van der Waals surface area (Å²) in [6, 6.07) is 19.5. The van der Waals surface area contributed by atoms with Gasteiger partial charge in [-0.25, -0.2) is 9.59 Å². The zero-order valence-corrected chi connectivity index (χ0v) is 19.3. The predicted molar refractivity (Wildman–Crippen MR) is 125 cm³/mol. The molecule has 0 saturated carbocycles. The second-order valence-electron chi connectivity index (χ2n) is 7.72. The van der Waals surface area contributed by atoms with Crippen LogP contribution in [0.25, 0.3) is 0 Å². The average molecular weight is 475 g/mol. The summed E-state index contributed by atoms with van der Waals surface area (Å²) in [6.07, 6.45) is -1.60. The number of carbonyl (C=O) groups excluding carboxylic acids is 2. The molecule has 8 heteroatoms. The number of unbranched alkanes of at least 4 members (excludes halogenated alkanes) is 2. The van der Waals surface area contributed by atoms with Crippen molar-refractivity contribution >= 4 is 11.9 Å². The molecule has 8 nitrogen and oxygen atoms in total. The SMILES string of the molecule is O=C(OCCCCOCc1ccccc1)C(O)C(O)C(=O)OCCCCOCc1ccccc1. The lowest BCUT2D eigenvalue weighted by Gasteiger charge is -2.16. The van der Waals surface area contributed by atoms with Gasteiger partial charge in [0.1, 0.15) is 0 Å². The molecule has 2 aromatic carbocycles. The van der Waals surface area contributed by atoms with Gasteiger partial charge in [-0.1, -0.05) is 60.7 Å². The summed E-state index contributed by atoms with van der Waals surface area (Å²) in [7, 11) is 0. The molecular weight excluding hydrogens is 440 g/mol. The molecule has 34 heavy (non-hydrogen) atoms. The van der Waals surface area contributed by atoms with Crippen molar-refractivity contribution < 1.29 is 38.7 Å². The third-order valence-corrected chi connectivity index (χ3v) is 4.86. The number of carbonyl (C=O) groups is 2. The van der Waals surface area contributed by atoms with Crippen molar-refractivity contribution in [3.05, 3.63) is 71.8 Å². The molecule has 2 rings (SSSR count). The number of esters is 2. The summed E-state index contributed by atoms with van der Waals surface area (Å²) in [5, 5.41) is 19.7. The third-order valence-electron chi connectivity index (χ3n) is 4.86. The van der Waals surface area contributed by atoms with Gasteiger partial charge in [0, 0.05) is 13.2 Å². The van der Waals surface area contributed by atoms with Gasteiger partial charge in [-0.2, -0.15) is 0 Å². The van der Waals surface area contributed by atoms with E-state index >= 15 is 0 Å². The fraction of sp³-hybridized carbons (Fsp3) is 0.462. The maximum Gasteiger partial charge on any atom is 0.338 e. The normalized spacial score (nSPS) is 12.6. The summed E-state index contributed by atoms with van der Waals surface area (Å²) < 4.78 is 20.9. The van der Waals surface area contributed by atoms with Gasteiger partial charge in [0.05, 0.1) is 26.4 Å². The zero-order valence-electron chi connectivity index (χ0n) is 19.3. The molecule has 0 spiro atoms. The van der Waals surface area contributed by atoms with E-state index in [9.17, 15) is 19.8 Å². The summed E-state index contributed by atoms with van der Waals surface area (Å²) in [4.78, 5) is 23.7. The number of aliphatic hydroxyl groups excluding tert-OH is 2. The van der Waals surface area contributed by atoms with Crippen molar-refractivity contribution in [2.75, 3.05) is 26.4 Å². The highest BCUT2D eigenvalue weighted by atomic mass is 16.6. The van der Waals surface area contributed by atoms with Crippen LogP contribution in [0.5, 0.6) is 0 Å². The lowest BCUT2D eigenvalue weighted by molar-refractivity contribution is -0.173. The van der Waals surface area contributed by atoms with Crippen LogP contribution in [-0.4, -0.2) is 60.8 Å². The van der Waals surface area contributed by atoms with Gasteiger partial charge in [0.15, 0.2) is 12.2 Å². The van der Waals surface area contributed by atoms with E-state index in [2.05, 4.69) is 0 Å². The van der Waals surface area contributed by atoms with Crippen LogP contribution in [-0.2, 0) is 41.8 Å². The van der Waals surface area contributed by atoms with Crippen LogP contribution in [0.3, 0.4) is 0 Å². The quantitative estimate of drug-likeness (QED) is 0.266. The molecule has 0 radical (unpaired) electrons. The van der Waals surface area contributed by atoms with Crippen LogP contribution >= 0.6 is 0 Å². The second kappa shape index (κ2) is 16.8. The van der Waals surface area contributed by atoms with Crippen molar-refractivity contribution in [2.45, 2.75) is 51.1 Å². The number of rotatable bonds is 17. The summed E-state index contributed by atoms with van der Waals surface area (Å²) in [6.45, 7) is 2.12. The van der Waals surface area contributed by atoms with Gasteiger partial charge in [-0.3, -0.25) is 0 Å². The van der Waals surface area contributed by atoms with Crippen molar-refractivity contribution in [3.63, 3.8) is 0 Å². The van der Waals surface area contributed by atoms with Gasteiger partial charge in [-0.15, -0.1) is 0 Å². The Kier molecular flexibility index (Phi) is 13.5. The highest BCUT2D eigenvalue weighted by Gasteiger charge is 2.32. The lowest BCUT2D eigenvalue weighted by Crippen LogP contribution is -2.41. The fourth-order valence-corrected chi connectivity index (χ4v) is 2.91. The lowest BCUT2D eigenvalue weighted by atomic mass is 10.2. The molecule has 0 heterocycles. The summed E-state index contributed by atoms with van der Waals surface area (Å²) >= 11 is 0. The number of ether oxygens (including phenoxy) is 4. The summed E-state index contributed by atoms with van der Waals surface area (Å²) in [5.74, 6) is -2.13. The molecule has 0 aliphatic rings. The van der Waals surface area contributed by atoms with E-state index in [1.165, 1.54) is 0 Å². The number of hydrogen-bond donors (Lipinski definition) is 2. The van der Waals surface area contributed by atoms with Gasteiger partial charge in [0.25, 0.3) is 0 Å². The average Bonchev–Trinajstić information content (AvgIpc) is 2.87. The molecule has 0 aliphatic heterocycles. The molecule has 2 aromatic rings. The van der Waals surface area contributed by atoms with E-state index in [1.807, 2.05) is 60.7 Å². The van der Waals surface area contributed by atoms with Gasteiger partial charge in [0.2, 0.25) is 0 Å². The Bertz CT molecular complexity index is 743. The first kappa shape index (κ1) is 27.5. The Morgan fingerprint density at radius 3 is 1.32 bits per heavy atom. The Hall–Kier alpha value is -2.78. The fourth-order valence-electron chi connectivity index (χ4n) is 2.91. The van der Waals surface area contributed by atoms with E-state index in [4.69, 9.17) is 18.9 Å². The first-order valence-electron chi connectivity index (χ1n) is 11.5. The molecular formula is C26H34O8. The topological polar surface area (TPSA) is 112 Å². The predicted octanol–water partition coefficient (Wildman–Crippen LogP) is 2.79. The molecule has 0 aliphatic carbocycles. The number of benzene rings is 2. The Morgan fingerprint density at radius 2 is 0.941 bits per heavy atom. The van der Waals surface area contributed by atoms with E-state index in [0.29, 0.717) is 52.1 Å².